The number of hydrogen-bond donors (Lipinski definition) is 0. The molecule has 0 saturated heterocycles. The first-order chi connectivity index (χ1) is 22.5. The van der Waals surface area contributed by atoms with Gasteiger partial charge in [-0.3, -0.25) is 8.80 Å². The molecule has 46 heavy (non-hydrogen) atoms. The number of nitrogens with zero attached hydrogens (tertiary/aromatic N) is 10. The summed E-state index contributed by atoms with van der Waals surface area (Å²) in [6.07, 6.45) is 1.47. The summed E-state index contributed by atoms with van der Waals surface area (Å²) in [5.41, 5.74) is 9.89. The smallest absolute Gasteiger partial charge is 0.231 e. The molecule has 0 fully saturated rings. The van der Waals surface area contributed by atoms with Crippen molar-refractivity contribution in [1.82, 2.24) is 39.2 Å². The first-order valence-electron chi connectivity index (χ1n) is 15.2. The van der Waals surface area contributed by atoms with E-state index in [1.165, 1.54) is 11.1 Å². The number of aromatic nitrogens is 8. The molecule has 8 rings (SSSR count). The molecule has 10 nitrogen and oxygen atoms in total. The summed E-state index contributed by atoms with van der Waals surface area (Å²) in [5.74, 6) is 1.63. The van der Waals surface area contributed by atoms with E-state index < -0.39 is 0 Å². The van der Waals surface area contributed by atoms with Gasteiger partial charge < -0.3 is 9.80 Å². The van der Waals surface area contributed by atoms with Gasteiger partial charge in [0.15, 0.2) is 11.3 Å². The van der Waals surface area contributed by atoms with Crippen molar-refractivity contribution < 1.29 is 0 Å². The summed E-state index contributed by atoms with van der Waals surface area (Å²) in [6.45, 7) is 0. The van der Waals surface area contributed by atoms with Crippen LogP contribution in [0, 0.1) is 0 Å². The van der Waals surface area contributed by atoms with Crippen molar-refractivity contribution in [2.75, 3.05) is 38.0 Å². The van der Waals surface area contributed by atoms with Crippen molar-refractivity contribution in [3.63, 3.8) is 0 Å². The Morgan fingerprint density at radius 3 is 1.22 bits per heavy atom. The molecule has 0 spiro atoms. The van der Waals surface area contributed by atoms with Crippen molar-refractivity contribution in [2.24, 2.45) is 0 Å². The minimum Gasteiger partial charge on any atom is -0.347 e. The highest BCUT2D eigenvalue weighted by atomic mass is 15.4. The summed E-state index contributed by atoms with van der Waals surface area (Å²) < 4.78 is 4.17. The van der Waals surface area contributed by atoms with Gasteiger partial charge in [-0.2, -0.15) is 0 Å². The van der Waals surface area contributed by atoms with E-state index in [2.05, 4.69) is 65.6 Å². The highest BCUT2D eigenvalue weighted by Crippen LogP contribution is 2.25. The number of rotatable bonds is 6. The third kappa shape index (κ3) is 5.45. The predicted molar refractivity (Wildman–Crippen MR) is 184 cm³/mol. The van der Waals surface area contributed by atoms with E-state index in [0.717, 1.165) is 69.5 Å². The number of benzene rings is 4. The maximum Gasteiger partial charge on any atom is 0.231 e. The Hall–Kier alpha value is -5.90. The number of anilines is 2. The average Bonchev–Trinajstić information content (AvgIpc) is 3.73. The quantitative estimate of drug-likeness (QED) is 0.232. The summed E-state index contributed by atoms with van der Waals surface area (Å²) in [5, 5.41) is 17.5. The first kappa shape index (κ1) is 28.8. The van der Waals surface area contributed by atoms with Crippen molar-refractivity contribution in [2.45, 2.75) is 12.8 Å². The van der Waals surface area contributed by atoms with Crippen LogP contribution in [0.3, 0.4) is 0 Å². The van der Waals surface area contributed by atoms with Crippen LogP contribution in [-0.2, 0) is 12.8 Å². The van der Waals surface area contributed by atoms with E-state index >= 15 is 0 Å². The molecule has 4 aromatic carbocycles. The lowest BCUT2D eigenvalue weighted by Crippen LogP contribution is -2.13. The minimum atomic E-state index is 0.737. The van der Waals surface area contributed by atoms with Gasteiger partial charge in [-0.1, -0.05) is 84.9 Å². The largest absolute Gasteiger partial charge is 0.347 e. The molecule has 0 N–H and O–H groups in total. The van der Waals surface area contributed by atoms with Crippen LogP contribution in [0.2, 0.25) is 0 Å². The topological polar surface area (TPSA) is 92.6 Å². The summed E-state index contributed by atoms with van der Waals surface area (Å²) in [7, 11) is 7.90. The zero-order valence-corrected chi connectivity index (χ0v) is 26.3. The lowest BCUT2D eigenvalue weighted by atomic mass is 10.1. The Balaban J connectivity index is 0.000000147. The van der Waals surface area contributed by atoms with Gasteiger partial charge in [0.05, 0.1) is 33.5 Å². The first-order valence-corrected chi connectivity index (χ1v) is 15.2. The van der Waals surface area contributed by atoms with Crippen molar-refractivity contribution in [3.05, 3.63) is 132 Å². The van der Waals surface area contributed by atoms with Crippen LogP contribution in [0.5, 0.6) is 0 Å². The molecule has 0 aliphatic carbocycles. The molecule has 0 bridgehead atoms. The molecule has 8 aromatic rings. The Morgan fingerprint density at radius 2 is 0.826 bits per heavy atom. The number of fused-ring (bicyclic) bond motifs is 6. The third-order valence-corrected chi connectivity index (χ3v) is 7.79. The van der Waals surface area contributed by atoms with Crippen LogP contribution >= 0.6 is 0 Å². The van der Waals surface area contributed by atoms with E-state index in [0.29, 0.717) is 0 Å². The van der Waals surface area contributed by atoms with Gasteiger partial charge in [0.25, 0.3) is 0 Å². The number of para-hydroxylation sites is 4. The van der Waals surface area contributed by atoms with Gasteiger partial charge in [-0.15, -0.1) is 20.4 Å². The maximum absolute atomic E-state index is 4.83. The van der Waals surface area contributed by atoms with Crippen LogP contribution in [0.1, 0.15) is 22.5 Å². The Labute approximate surface area is 266 Å². The van der Waals surface area contributed by atoms with Crippen molar-refractivity contribution in [1.29, 1.82) is 0 Å². The van der Waals surface area contributed by atoms with Gasteiger partial charge in [0.1, 0.15) is 0 Å². The molecular formula is C36H34N10. The highest BCUT2D eigenvalue weighted by Gasteiger charge is 2.17. The van der Waals surface area contributed by atoms with E-state index in [9.17, 15) is 0 Å². The molecule has 228 valence electrons. The highest BCUT2D eigenvalue weighted by molar-refractivity contribution is 5.81. The summed E-state index contributed by atoms with van der Waals surface area (Å²) >= 11 is 0. The zero-order chi connectivity index (χ0) is 31.6. The molecule has 0 radical (unpaired) electrons. The van der Waals surface area contributed by atoms with E-state index in [-0.39, 0.29) is 0 Å². The maximum atomic E-state index is 4.83. The second kappa shape index (κ2) is 12.2. The van der Waals surface area contributed by atoms with Crippen LogP contribution < -0.4 is 9.80 Å². The third-order valence-electron chi connectivity index (χ3n) is 7.79. The van der Waals surface area contributed by atoms with Crippen LogP contribution in [0.4, 0.5) is 11.9 Å². The molecule has 10 heteroatoms. The normalized spacial score (nSPS) is 11.2. The second-order valence-corrected chi connectivity index (χ2v) is 11.5. The second-order valence-electron chi connectivity index (χ2n) is 11.5. The molecule has 0 saturated carbocycles. The SMILES string of the molecule is CN(C)c1nnc2c(Cc3ccccc3)nc3ccccc3n12.CN(C)c1nnc2c(Cc3ccccc3)nc3ccccc3n12. The Bertz CT molecular complexity index is 2110. The van der Waals surface area contributed by atoms with Gasteiger partial charge in [-0.25, -0.2) is 9.97 Å². The van der Waals surface area contributed by atoms with Crippen LogP contribution in [0.25, 0.3) is 33.4 Å². The predicted octanol–water partition coefficient (Wildman–Crippen LogP) is 5.87. The van der Waals surface area contributed by atoms with Gasteiger partial charge in [0, 0.05) is 41.0 Å². The molecular weight excluding hydrogens is 572 g/mol. The molecule has 0 aliphatic rings. The molecule has 0 aliphatic heterocycles. The van der Waals surface area contributed by atoms with Crippen molar-refractivity contribution >= 4 is 45.3 Å². The Morgan fingerprint density at radius 1 is 0.457 bits per heavy atom. The van der Waals surface area contributed by atoms with Crippen LogP contribution in [0.15, 0.2) is 109 Å². The fraction of sp³-hybridized carbons (Fsp3) is 0.167. The lowest BCUT2D eigenvalue weighted by Gasteiger charge is -2.12. The minimum absolute atomic E-state index is 0.737. The molecule has 4 heterocycles. The van der Waals surface area contributed by atoms with E-state index in [1.807, 2.05) is 111 Å². The summed E-state index contributed by atoms with van der Waals surface area (Å²) in [4.78, 5) is 13.6. The zero-order valence-electron chi connectivity index (χ0n) is 26.3. The summed E-state index contributed by atoms with van der Waals surface area (Å²) in [6, 6.07) is 36.9. The average molecular weight is 607 g/mol. The van der Waals surface area contributed by atoms with E-state index in [4.69, 9.17) is 9.97 Å². The Kier molecular flexibility index (Phi) is 7.67. The van der Waals surface area contributed by atoms with Crippen LogP contribution in [-0.4, -0.2) is 67.4 Å². The molecule has 4 aromatic heterocycles. The molecule has 0 unspecified atom stereocenters. The molecule has 0 atom stereocenters. The monoisotopic (exact) mass is 606 g/mol. The van der Waals surface area contributed by atoms with E-state index in [1.54, 1.807) is 0 Å². The fourth-order valence-corrected chi connectivity index (χ4v) is 5.65. The molecule has 0 amide bonds. The lowest BCUT2D eigenvalue weighted by molar-refractivity contribution is 0.982. The van der Waals surface area contributed by atoms with Gasteiger partial charge >= 0.3 is 0 Å². The number of hydrogen-bond acceptors (Lipinski definition) is 8. The van der Waals surface area contributed by atoms with Gasteiger partial charge in [0.2, 0.25) is 11.9 Å². The standard InChI is InChI=1S/2C18H17N5/c2*1-22(2)18-21-20-17-15(12-13-8-4-3-5-9-13)19-14-10-6-7-11-16(14)23(17)18/h2*3-11H,12H2,1-2H3. The van der Waals surface area contributed by atoms with Gasteiger partial charge in [-0.05, 0) is 35.4 Å². The fourth-order valence-electron chi connectivity index (χ4n) is 5.65. The van der Waals surface area contributed by atoms with Crippen molar-refractivity contribution in [3.8, 4) is 0 Å².